The van der Waals surface area contributed by atoms with Crippen LogP contribution in [0.15, 0.2) is 24.3 Å². The van der Waals surface area contributed by atoms with Gasteiger partial charge < -0.3 is 9.47 Å². The molecule has 1 aromatic rings. The van der Waals surface area contributed by atoms with E-state index in [1.54, 1.807) is 24.3 Å². The molecule has 0 N–H and O–H groups in total. The third-order valence-electron chi connectivity index (χ3n) is 2.29. The van der Waals surface area contributed by atoms with E-state index in [1.807, 2.05) is 0 Å². The number of benzene rings is 1. The molecule has 1 heterocycles. The first-order chi connectivity index (χ1) is 7.22. The molecule has 2 rings (SSSR count). The van der Waals surface area contributed by atoms with Crippen molar-refractivity contribution < 1.29 is 19.1 Å². The molecule has 1 atom stereocenters. The van der Waals surface area contributed by atoms with Crippen LogP contribution in [0.4, 0.5) is 0 Å². The van der Waals surface area contributed by atoms with Crippen molar-refractivity contribution in [2.45, 2.75) is 12.5 Å². The molecule has 1 aromatic carbocycles. The SMILES string of the molecule is COC(=O)C[C@@H]1Oc2ccccc2C1=O. The molecule has 78 valence electrons. The molecule has 0 fully saturated rings. The van der Waals surface area contributed by atoms with Crippen molar-refractivity contribution in [2.75, 3.05) is 7.11 Å². The molecule has 0 aromatic heterocycles. The summed E-state index contributed by atoms with van der Waals surface area (Å²) in [4.78, 5) is 22.7. The highest BCUT2D eigenvalue weighted by Gasteiger charge is 2.33. The van der Waals surface area contributed by atoms with Gasteiger partial charge in [0.25, 0.3) is 0 Å². The van der Waals surface area contributed by atoms with Crippen LogP contribution >= 0.6 is 0 Å². The number of Topliss-reactive ketones (excluding diaryl/α,β-unsaturated/α-hetero) is 1. The van der Waals surface area contributed by atoms with Crippen molar-refractivity contribution in [3.63, 3.8) is 0 Å². The van der Waals surface area contributed by atoms with E-state index in [9.17, 15) is 9.59 Å². The van der Waals surface area contributed by atoms with Gasteiger partial charge >= 0.3 is 5.97 Å². The fourth-order valence-electron chi connectivity index (χ4n) is 1.52. The Hall–Kier alpha value is -1.84. The number of ketones is 1. The third kappa shape index (κ3) is 1.70. The monoisotopic (exact) mass is 206 g/mol. The number of hydrogen-bond donors (Lipinski definition) is 0. The molecule has 0 unspecified atom stereocenters. The van der Waals surface area contributed by atoms with Gasteiger partial charge in [-0.3, -0.25) is 9.59 Å². The van der Waals surface area contributed by atoms with Gasteiger partial charge in [0.1, 0.15) is 5.75 Å². The molecule has 0 aliphatic carbocycles. The van der Waals surface area contributed by atoms with Crippen LogP contribution in [0.25, 0.3) is 0 Å². The number of methoxy groups -OCH3 is 1. The summed E-state index contributed by atoms with van der Waals surface area (Å²) in [5.41, 5.74) is 0.534. The summed E-state index contributed by atoms with van der Waals surface area (Å²) in [7, 11) is 1.29. The Morgan fingerprint density at radius 3 is 2.87 bits per heavy atom. The predicted molar refractivity (Wildman–Crippen MR) is 51.8 cm³/mol. The molecule has 1 aliphatic rings. The van der Waals surface area contributed by atoms with E-state index in [0.717, 1.165) is 0 Å². The zero-order chi connectivity index (χ0) is 10.8. The fraction of sp³-hybridized carbons (Fsp3) is 0.273. The Bertz CT molecular complexity index is 411. The van der Waals surface area contributed by atoms with E-state index in [2.05, 4.69) is 4.74 Å². The van der Waals surface area contributed by atoms with Crippen LogP contribution < -0.4 is 4.74 Å². The highest BCUT2D eigenvalue weighted by Crippen LogP contribution is 2.29. The first-order valence-electron chi connectivity index (χ1n) is 4.59. The molecule has 0 saturated heterocycles. The number of para-hydroxylation sites is 1. The number of carbonyl (C=O) groups is 2. The average Bonchev–Trinajstić information content (AvgIpc) is 2.57. The van der Waals surface area contributed by atoms with Gasteiger partial charge in [-0.05, 0) is 12.1 Å². The van der Waals surface area contributed by atoms with E-state index in [-0.39, 0.29) is 12.2 Å². The average molecular weight is 206 g/mol. The Morgan fingerprint density at radius 1 is 1.47 bits per heavy atom. The molecule has 0 radical (unpaired) electrons. The second-order valence-corrected chi connectivity index (χ2v) is 3.25. The Kier molecular flexibility index (Phi) is 2.41. The van der Waals surface area contributed by atoms with Crippen LogP contribution in [0.2, 0.25) is 0 Å². The molecular weight excluding hydrogens is 196 g/mol. The molecule has 0 saturated carbocycles. The highest BCUT2D eigenvalue weighted by atomic mass is 16.5. The van der Waals surface area contributed by atoms with Gasteiger partial charge in [0.05, 0.1) is 19.1 Å². The van der Waals surface area contributed by atoms with Gasteiger partial charge in [-0.1, -0.05) is 12.1 Å². The van der Waals surface area contributed by atoms with E-state index in [4.69, 9.17) is 4.74 Å². The number of rotatable bonds is 2. The minimum absolute atomic E-state index is 0.0377. The summed E-state index contributed by atoms with van der Waals surface area (Å²) in [6.07, 6.45) is -0.765. The van der Waals surface area contributed by atoms with Gasteiger partial charge in [-0.25, -0.2) is 0 Å². The van der Waals surface area contributed by atoms with Gasteiger partial charge in [-0.2, -0.15) is 0 Å². The summed E-state index contributed by atoms with van der Waals surface area (Å²) < 4.78 is 9.83. The molecule has 15 heavy (non-hydrogen) atoms. The zero-order valence-electron chi connectivity index (χ0n) is 8.23. The number of hydrogen-bond acceptors (Lipinski definition) is 4. The predicted octanol–water partition coefficient (Wildman–Crippen LogP) is 1.19. The van der Waals surface area contributed by atoms with E-state index >= 15 is 0 Å². The summed E-state index contributed by atoms with van der Waals surface area (Å²) >= 11 is 0. The summed E-state index contributed by atoms with van der Waals surface area (Å²) in [6, 6.07) is 6.95. The lowest BCUT2D eigenvalue weighted by atomic mass is 10.1. The fourth-order valence-corrected chi connectivity index (χ4v) is 1.52. The second kappa shape index (κ2) is 3.73. The number of esters is 1. The molecular formula is C11H10O4. The number of fused-ring (bicyclic) bond motifs is 1. The maximum Gasteiger partial charge on any atom is 0.309 e. The van der Waals surface area contributed by atoms with Gasteiger partial charge in [0.2, 0.25) is 5.78 Å². The Morgan fingerprint density at radius 2 is 2.20 bits per heavy atom. The van der Waals surface area contributed by atoms with E-state index in [0.29, 0.717) is 11.3 Å². The molecule has 1 aliphatic heterocycles. The van der Waals surface area contributed by atoms with Crippen molar-refractivity contribution in [1.29, 1.82) is 0 Å². The Labute approximate surface area is 86.8 Å². The smallest absolute Gasteiger partial charge is 0.309 e. The van der Waals surface area contributed by atoms with Crippen LogP contribution in [0.1, 0.15) is 16.8 Å². The summed E-state index contributed by atoms with van der Waals surface area (Å²) in [6.45, 7) is 0. The molecule has 0 bridgehead atoms. The van der Waals surface area contributed by atoms with Crippen LogP contribution in [0.3, 0.4) is 0 Å². The molecule has 4 nitrogen and oxygen atoms in total. The summed E-state index contributed by atoms with van der Waals surface area (Å²) in [5, 5.41) is 0. The summed E-state index contributed by atoms with van der Waals surface area (Å²) in [5.74, 6) is -0.0615. The molecule has 4 heteroatoms. The number of carbonyl (C=O) groups excluding carboxylic acids is 2. The lowest BCUT2D eigenvalue weighted by Gasteiger charge is -2.06. The normalized spacial score (nSPS) is 18.2. The standard InChI is InChI=1S/C11H10O4/c1-14-10(12)6-9-11(13)7-4-2-3-5-8(7)15-9/h2-5,9H,6H2,1H3/t9-/m0/s1. The lowest BCUT2D eigenvalue weighted by Crippen LogP contribution is -2.24. The van der Waals surface area contributed by atoms with Crippen LogP contribution in [0, 0.1) is 0 Å². The van der Waals surface area contributed by atoms with Crippen molar-refractivity contribution in [1.82, 2.24) is 0 Å². The third-order valence-corrected chi connectivity index (χ3v) is 2.29. The Balaban J connectivity index is 2.17. The topological polar surface area (TPSA) is 52.6 Å². The maximum atomic E-state index is 11.7. The minimum Gasteiger partial charge on any atom is -0.481 e. The maximum absolute atomic E-state index is 11.7. The van der Waals surface area contributed by atoms with Crippen molar-refractivity contribution in [3.05, 3.63) is 29.8 Å². The highest BCUT2D eigenvalue weighted by molar-refractivity contribution is 6.05. The van der Waals surface area contributed by atoms with Crippen LogP contribution in [0.5, 0.6) is 5.75 Å². The number of ether oxygens (including phenoxy) is 2. The first kappa shape index (κ1) is 9.71. The van der Waals surface area contributed by atoms with Gasteiger partial charge in [0, 0.05) is 0 Å². The second-order valence-electron chi connectivity index (χ2n) is 3.25. The lowest BCUT2D eigenvalue weighted by molar-refractivity contribution is -0.141. The van der Waals surface area contributed by atoms with Crippen molar-refractivity contribution in [3.8, 4) is 5.75 Å². The van der Waals surface area contributed by atoms with Crippen LogP contribution in [-0.2, 0) is 9.53 Å². The van der Waals surface area contributed by atoms with Crippen LogP contribution in [-0.4, -0.2) is 25.0 Å². The first-order valence-corrected chi connectivity index (χ1v) is 4.59. The van der Waals surface area contributed by atoms with E-state index in [1.165, 1.54) is 7.11 Å². The van der Waals surface area contributed by atoms with E-state index < -0.39 is 12.1 Å². The molecule has 0 spiro atoms. The largest absolute Gasteiger partial charge is 0.481 e. The van der Waals surface area contributed by atoms with Crippen molar-refractivity contribution >= 4 is 11.8 Å². The quantitative estimate of drug-likeness (QED) is 0.682. The minimum atomic E-state index is -0.727. The van der Waals surface area contributed by atoms with Gasteiger partial charge in [-0.15, -0.1) is 0 Å². The zero-order valence-corrected chi connectivity index (χ0v) is 8.23. The molecule has 0 amide bonds. The van der Waals surface area contributed by atoms with Crippen molar-refractivity contribution in [2.24, 2.45) is 0 Å². The van der Waals surface area contributed by atoms with Gasteiger partial charge in [0.15, 0.2) is 6.10 Å².